The van der Waals surface area contributed by atoms with E-state index in [-0.39, 0.29) is 16.5 Å². The Morgan fingerprint density at radius 2 is 2.00 bits per heavy atom. The van der Waals surface area contributed by atoms with E-state index in [0.29, 0.717) is 11.1 Å². The highest BCUT2D eigenvalue weighted by molar-refractivity contribution is 6.31. The minimum atomic E-state index is -0.505. The van der Waals surface area contributed by atoms with Crippen LogP contribution in [0.15, 0.2) is 12.1 Å². The van der Waals surface area contributed by atoms with E-state index in [9.17, 15) is 4.39 Å². The summed E-state index contributed by atoms with van der Waals surface area (Å²) in [7, 11) is 0. The van der Waals surface area contributed by atoms with Crippen LogP contribution in [0.3, 0.4) is 0 Å². The number of pyridine rings is 1. The van der Waals surface area contributed by atoms with E-state index in [1.807, 2.05) is 20.8 Å². The third-order valence-corrected chi connectivity index (χ3v) is 3.19. The fourth-order valence-electron chi connectivity index (χ4n) is 2.16. The van der Waals surface area contributed by atoms with Crippen molar-refractivity contribution in [3.8, 4) is 0 Å². The molecule has 0 aliphatic carbocycles. The maximum atomic E-state index is 13.8. The van der Waals surface area contributed by atoms with Crippen LogP contribution < -0.4 is 5.73 Å². The minimum Gasteiger partial charge on any atom is -0.398 e. The van der Waals surface area contributed by atoms with Gasteiger partial charge in [0.05, 0.1) is 5.02 Å². The molecule has 17 heavy (non-hydrogen) atoms. The molecule has 4 heteroatoms. The lowest BCUT2D eigenvalue weighted by Crippen LogP contribution is -2.04. The highest BCUT2D eigenvalue weighted by Crippen LogP contribution is 2.33. The number of aromatic nitrogens is 1. The van der Waals surface area contributed by atoms with Gasteiger partial charge >= 0.3 is 0 Å². The smallest absolute Gasteiger partial charge is 0.168 e. The van der Waals surface area contributed by atoms with Crippen molar-refractivity contribution in [1.82, 2.24) is 4.98 Å². The van der Waals surface area contributed by atoms with Crippen LogP contribution in [0.4, 0.5) is 10.1 Å². The third kappa shape index (κ3) is 1.84. The van der Waals surface area contributed by atoms with E-state index in [1.54, 1.807) is 6.07 Å². The zero-order valence-electron chi connectivity index (χ0n) is 10.0. The molecule has 0 atom stereocenters. The minimum absolute atomic E-state index is 0.0705. The maximum Gasteiger partial charge on any atom is 0.168 e. The van der Waals surface area contributed by atoms with Gasteiger partial charge in [-0.25, -0.2) is 9.37 Å². The fraction of sp³-hybridized carbons (Fsp3) is 0.308. The monoisotopic (exact) mass is 252 g/mol. The number of nitrogens with two attached hydrogens (primary N) is 1. The molecule has 0 amide bonds. The molecule has 0 unspecified atom stereocenters. The van der Waals surface area contributed by atoms with Gasteiger partial charge in [0.25, 0.3) is 0 Å². The maximum absolute atomic E-state index is 13.8. The third-order valence-electron chi connectivity index (χ3n) is 2.90. The second kappa shape index (κ2) is 4.15. The molecule has 0 radical (unpaired) electrons. The summed E-state index contributed by atoms with van der Waals surface area (Å²) in [6.07, 6.45) is 0. The van der Waals surface area contributed by atoms with Gasteiger partial charge in [-0.2, -0.15) is 0 Å². The summed E-state index contributed by atoms with van der Waals surface area (Å²) in [5.41, 5.74) is 8.66. The molecule has 2 N–H and O–H groups in total. The standard InChI is InChI=1S/C13H14ClFN2/c1-6(2)10-7(3)17-13-8(12(10)16)4-5-9(14)11(13)15/h4-6H,1-3H3,(H2,16,17). The molecule has 0 bridgehead atoms. The highest BCUT2D eigenvalue weighted by atomic mass is 35.5. The summed E-state index contributed by atoms with van der Waals surface area (Å²) in [6.45, 7) is 5.92. The molecule has 1 heterocycles. The van der Waals surface area contributed by atoms with Crippen molar-refractivity contribution >= 4 is 28.2 Å². The molecule has 0 spiro atoms. The Hall–Kier alpha value is -1.35. The lowest BCUT2D eigenvalue weighted by atomic mass is 9.97. The zero-order valence-corrected chi connectivity index (χ0v) is 10.8. The van der Waals surface area contributed by atoms with Gasteiger partial charge in [0.1, 0.15) is 5.52 Å². The van der Waals surface area contributed by atoms with Crippen LogP contribution in [0.2, 0.25) is 5.02 Å². The first-order chi connectivity index (χ1) is 7.93. The summed E-state index contributed by atoms with van der Waals surface area (Å²) >= 11 is 5.74. The van der Waals surface area contributed by atoms with Gasteiger partial charge in [-0.3, -0.25) is 0 Å². The highest BCUT2D eigenvalue weighted by Gasteiger charge is 2.16. The molecule has 0 fully saturated rings. The quantitative estimate of drug-likeness (QED) is 0.832. The Bertz CT molecular complexity index is 594. The van der Waals surface area contributed by atoms with E-state index in [2.05, 4.69) is 4.98 Å². The molecular formula is C13H14ClFN2. The molecule has 90 valence electrons. The van der Waals surface area contributed by atoms with E-state index >= 15 is 0 Å². The molecule has 2 rings (SSSR count). The van der Waals surface area contributed by atoms with E-state index in [0.717, 1.165) is 11.3 Å². The first-order valence-electron chi connectivity index (χ1n) is 5.47. The van der Waals surface area contributed by atoms with Crippen LogP contribution in [0.25, 0.3) is 10.9 Å². The molecule has 1 aromatic carbocycles. The van der Waals surface area contributed by atoms with E-state index in [4.69, 9.17) is 17.3 Å². The number of anilines is 1. The fourth-order valence-corrected chi connectivity index (χ4v) is 2.32. The molecule has 0 saturated carbocycles. The predicted molar refractivity (Wildman–Crippen MR) is 69.9 cm³/mol. The Labute approximate surface area is 105 Å². The van der Waals surface area contributed by atoms with Gasteiger partial charge in [-0.1, -0.05) is 25.4 Å². The number of hydrogen-bond donors (Lipinski definition) is 1. The molecule has 0 aliphatic rings. The zero-order chi connectivity index (χ0) is 12.7. The molecule has 1 aromatic heterocycles. The van der Waals surface area contributed by atoms with Crippen molar-refractivity contribution in [3.05, 3.63) is 34.2 Å². The van der Waals surface area contributed by atoms with Crippen molar-refractivity contribution < 1.29 is 4.39 Å². The number of aryl methyl sites for hydroxylation is 1. The average Bonchev–Trinajstić information content (AvgIpc) is 2.23. The van der Waals surface area contributed by atoms with Crippen LogP contribution in [-0.4, -0.2) is 4.98 Å². The van der Waals surface area contributed by atoms with Crippen molar-refractivity contribution in [2.45, 2.75) is 26.7 Å². The lowest BCUT2D eigenvalue weighted by molar-refractivity contribution is 0.636. The first kappa shape index (κ1) is 12.1. The molecular weight excluding hydrogens is 239 g/mol. The van der Waals surface area contributed by atoms with E-state index < -0.39 is 5.82 Å². The first-order valence-corrected chi connectivity index (χ1v) is 5.85. The number of fused-ring (bicyclic) bond motifs is 1. The molecule has 0 aliphatic heterocycles. The number of rotatable bonds is 1. The van der Waals surface area contributed by atoms with Gasteiger partial charge < -0.3 is 5.73 Å². The Morgan fingerprint density at radius 3 is 2.59 bits per heavy atom. The van der Waals surface area contributed by atoms with Crippen molar-refractivity contribution in [2.75, 3.05) is 5.73 Å². The number of nitrogen functional groups attached to an aromatic ring is 1. The van der Waals surface area contributed by atoms with Gasteiger partial charge in [0.2, 0.25) is 0 Å². The van der Waals surface area contributed by atoms with Crippen LogP contribution in [0, 0.1) is 12.7 Å². The molecule has 2 aromatic rings. The Balaban J connectivity index is 2.91. The number of benzene rings is 1. The summed E-state index contributed by atoms with van der Waals surface area (Å²) in [5.74, 6) is -0.250. The number of halogens is 2. The molecule has 2 nitrogen and oxygen atoms in total. The van der Waals surface area contributed by atoms with Crippen molar-refractivity contribution in [3.63, 3.8) is 0 Å². The normalized spacial score (nSPS) is 11.4. The number of hydrogen-bond acceptors (Lipinski definition) is 2. The predicted octanol–water partition coefficient (Wildman–Crippen LogP) is 4.04. The Kier molecular flexibility index (Phi) is 2.96. The van der Waals surface area contributed by atoms with Crippen molar-refractivity contribution in [2.24, 2.45) is 0 Å². The molecule has 0 saturated heterocycles. The average molecular weight is 253 g/mol. The lowest BCUT2D eigenvalue weighted by Gasteiger charge is -2.15. The Morgan fingerprint density at radius 1 is 1.35 bits per heavy atom. The van der Waals surface area contributed by atoms with E-state index in [1.165, 1.54) is 6.07 Å². The second-order valence-corrected chi connectivity index (χ2v) is 4.84. The summed E-state index contributed by atoms with van der Waals surface area (Å²) in [4.78, 5) is 4.28. The topological polar surface area (TPSA) is 38.9 Å². The van der Waals surface area contributed by atoms with Gasteiger partial charge in [0.15, 0.2) is 5.82 Å². The van der Waals surface area contributed by atoms with Gasteiger partial charge in [0, 0.05) is 16.8 Å². The van der Waals surface area contributed by atoms with Gasteiger partial charge in [-0.05, 0) is 30.5 Å². The largest absolute Gasteiger partial charge is 0.398 e. The summed E-state index contributed by atoms with van der Waals surface area (Å²) in [6, 6.07) is 3.23. The summed E-state index contributed by atoms with van der Waals surface area (Å²) in [5, 5.41) is 0.697. The second-order valence-electron chi connectivity index (χ2n) is 4.44. The van der Waals surface area contributed by atoms with Crippen LogP contribution in [0.1, 0.15) is 31.0 Å². The van der Waals surface area contributed by atoms with Crippen LogP contribution in [-0.2, 0) is 0 Å². The van der Waals surface area contributed by atoms with Gasteiger partial charge in [-0.15, -0.1) is 0 Å². The van der Waals surface area contributed by atoms with Crippen molar-refractivity contribution in [1.29, 1.82) is 0 Å². The van der Waals surface area contributed by atoms with Crippen LogP contribution in [0.5, 0.6) is 0 Å². The number of nitrogens with zero attached hydrogens (tertiary/aromatic N) is 1. The summed E-state index contributed by atoms with van der Waals surface area (Å²) < 4.78 is 13.8. The van der Waals surface area contributed by atoms with Crippen LogP contribution >= 0.6 is 11.6 Å². The SMILES string of the molecule is Cc1nc2c(F)c(Cl)ccc2c(N)c1C(C)C.